The molecule has 0 bridgehead atoms. The van der Waals surface area contributed by atoms with Crippen LogP contribution in [0, 0.1) is 0 Å². The molecule has 0 aliphatic rings. The summed E-state index contributed by atoms with van der Waals surface area (Å²) in [4.78, 5) is 25.6. The number of hydrogen-bond donors (Lipinski definition) is 0. The van der Waals surface area contributed by atoms with Crippen LogP contribution in [0.3, 0.4) is 0 Å². The van der Waals surface area contributed by atoms with E-state index in [0.29, 0.717) is 0 Å². The first-order valence-corrected chi connectivity index (χ1v) is 2.19. The van der Waals surface area contributed by atoms with E-state index < -0.39 is 7.82 Å². The van der Waals surface area contributed by atoms with Crippen molar-refractivity contribution >= 4 is 7.82 Å². The molecule has 0 heterocycles. The molecule has 0 saturated heterocycles. The predicted octanol–water partition coefficient (Wildman–Crippen LogP) is -8.18. The van der Waals surface area contributed by atoms with Crippen molar-refractivity contribution in [3.63, 3.8) is 0 Å². The molecule has 7 heteroatoms. The number of hydrogen-bond acceptors (Lipinski definition) is 4. The van der Waals surface area contributed by atoms with E-state index in [0.717, 1.165) is 0 Å². The van der Waals surface area contributed by atoms with Crippen LogP contribution in [0.15, 0.2) is 0 Å². The van der Waals surface area contributed by atoms with Gasteiger partial charge in [-0.1, -0.05) is 7.43 Å². The first-order valence-electron chi connectivity index (χ1n) is 0.730. The Kier molecular flexibility index (Phi) is 25.6. The van der Waals surface area contributed by atoms with E-state index in [9.17, 15) is 0 Å². The van der Waals surface area contributed by atoms with E-state index in [4.69, 9.17) is 19.2 Å². The second kappa shape index (κ2) is 9.11. The zero-order valence-corrected chi connectivity index (χ0v) is 8.97. The molecule has 0 radical (unpaired) electrons. The molecule has 0 fully saturated rings. The van der Waals surface area contributed by atoms with Gasteiger partial charge in [0.1, 0.15) is 0 Å². The summed E-state index contributed by atoms with van der Waals surface area (Å²) in [5, 5.41) is 0. The van der Waals surface area contributed by atoms with E-state index in [1.54, 1.807) is 0 Å². The second-order valence-electron chi connectivity index (χ2n) is 0.447. The summed E-state index contributed by atoms with van der Waals surface area (Å²) in [5.74, 6) is 0. The maximum Gasteiger partial charge on any atom is 1.00 e. The van der Waals surface area contributed by atoms with Gasteiger partial charge in [-0.25, -0.2) is 0 Å². The number of phosphoric acid groups is 1. The predicted molar refractivity (Wildman–Crippen MR) is 14.3 cm³/mol. The van der Waals surface area contributed by atoms with Crippen molar-refractivity contribution in [1.29, 1.82) is 0 Å². The molecule has 0 N–H and O–H groups in total. The Morgan fingerprint density at radius 3 is 1.00 bits per heavy atom. The summed E-state index contributed by atoms with van der Waals surface area (Å²) in [5.41, 5.74) is 0. The summed E-state index contributed by atoms with van der Waals surface area (Å²) in [6, 6.07) is 0. The van der Waals surface area contributed by atoms with Gasteiger partial charge in [0.05, 0.1) is 0 Å². The minimum Gasteiger partial charge on any atom is -0.822 e. The maximum atomic E-state index is 8.55. The van der Waals surface area contributed by atoms with Gasteiger partial charge < -0.3 is 19.2 Å². The quantitative estimate of drug-likeness (QED) is 0.258. The van der Waals surface area contributed by atoms with Crippen molar-refractivity contribution < 1.29 is 78.4 Å². The summed E-state index contributed by atoms with van der Waals surface area (Å²) < 4.78 is 8.55. The fourth-order valence-corrected chi connectivity index (χ4v) is 0. The Morgan fingerprint density at radius 1 is 1.00 bits per heavy atom. The molecule has 0 aromatic rings. The van der Waals surface area contributed by atoms with Crippen LogP contribution in [-0.4, -0.2) is 0 Å². The van der Waals surface area contributed by atoms with Crippen LogP contribution >= 0.6 is 7.82 Å². The summed E-state index contributed by atoms with van der Waals surface area (Å²) >= 11 is 0. The Bertz CT molecular complexity index is 60.2. The normalized spacial score (nSPS) is 7.38. The van der Waals surface area contributed by atoms with Crippen molar-refractivity contribution in [3.05, 3.63) is 0 Å². The van der Waals surface area contributed by atoms with Gasteiger partial charge in [0.2, 0.25) is 0 Å². The fourth-order valence-electron chi connectivity index (χ4n) is 0. The minimum absolute atomic E-state index is 0. The van der Waals surface area contributed by atoms with Crippen LogP contribution in [0.2, 0.25) is 0 Å². The molecule has 0 aliphatic carbocycles. The monoisotopic (exact) mass is 157 g/mol. The molecule has 8 heavy (non-hydrogen) atoms. The third kappa shape index (κ3) is 92.1. The largest absolute Gasteiger partial charge is 1.00 e. The smallest absolute Gasteiger partial charge is 0.822 e. The van der Waals surface area contributed by atoms with Crippen LogP contribution in [0.1, 0.15) is 7.43 Å². The van der Waals surface area contributed by atoms with E-state index in [1.165, 1.54) is 0 Å². The topological polar surface area (TPSA) is 86.2 Å². The van der Waals surface area contributed by atoms with Gasteiger partial charge in [-0.3, -0.25) is 0 Å². The summed E-state index contributed by atoms with van der Waals surface area (Å²) in [6.07, 6.45) is 0. The number of rotatable bonds is 0. The van der Waals surface area contributed by atoms with E-state index in [2.05, 4.69) is 0 Å². The van der Waals surface area contributed by atoms with Gasteiger partial charge in [-0.15, -0.1) is 0 Å². The third-order valence-electron chi connectivity index (χ3n) is 0. The van der Waals surface area contributed by atoms with Crippen LogP contribution in [0.25, 0.3) is 0 Å². The molecule has 0 rings (SSSR count). The van der Waals surface area contributed by atoms with Gasteiger partial charge in [-0.05, 0) is 0 Å². The van der Waals surface area contributed by atoms with Crippen molar-refractivity contribution in [3.8, 4) is 0 Å². The molecule has 0 aromatic carbocycles. The first kappa shape index (κ1) is 22.5. The van der Waals surface area contributed by atoms with Gasteiger partial charge in [-0.2, -0.15) is 7.82 Å². The molecule has 0 amide bonds. The van der Waals surface area contributed by atoms with Crippen molar-refractivity contribution in [2.24, 2.45) is 0 Å². The standard InChI is InChI=1S/CH4.2Na.H3O4P/c;;;1-5(2,3)4/h1H4;;;(H3,1,2,3,4)/q;2*+1;/p-3. The third-order valence-corrected chi connectivity index (χ3v) is 0. The van der Waals surface area contributed by atoms with E-state index in [-0.39, 0.29) is 66.5 Å². The van der Waals surface area contributed by atoms with Crippen LogP contribution in [-0.2, 0) is 4.57 Å². The van der Waals surface area contributed by atoms with Crippen molar-refractivity contribution in [2.75, 3.05) is 0 Å². The Hall–Kier alpha value is 2.11. The Balaban J connectivity index is -0.0000000267. The minimum atomic E-state index is -5.39. The Morgan fingerprint density at radius 2 is 1.00 bits per heavy atom. The fraction of sp³-hybridized carbons (Fsp3) is 1.00. The summed E-state index contributed by atoms with van der Waals surface area (Å²) in [6.45, 7) is 0. The van der Waals surface area contributed by atoms with Crippen LogP contribution < -0.4 is 73.8 Å². The van der Waals surface area contributed by atoms with Gasteiger partial charge >= 0.3 is 59.1 Å². The maximum absolute atomic E-state index is 8.55. The average molecular weight is 157 g/mol. The molecule has 0 spiro atoms. The Labute approximate surface area is 92.5 Å². The van der Waals surface area contributed by atoms with Crippen LogP contribution in [0.5, 0.6) is 0 Å². The molecular formula is CH4Na2O4P-. The van der Waals surface area contributed by atoms with E-state index >= 15 is 0 Å². The molecule has 0 saturated carbocycles. The first-order chi connectivity index (χ1) is 2.00. The molecule has 4 nitrogen and oxygen atoms in total. The molecule has 40 valence electrons. The van der Waals surface area contributed by atoms with Gasteiger partial charge in [0.15, 0.2) is 0 Å². The second-order valence-corrected chi connectivity index (χ2v) is 1.34. The SMILES string of the molecule is C.O=P([O-])([O-])[O-].[Na+].[Na+]. The van der Waals surface area contributed by atoms with Gasteiger partial charge in [0.25, 0.3) is 0 Å². The molecule has 0 atom stereocenters. The zero-order chi connectivity index (χ0) is 4.50. The van der Waals surface area contributed by atoms with E-state index in [1.807, 2.05) is 0 Å². The van der Waals surface area contributed by atoms with Crippen molar-refractivity contribution in [1.82, 2.24) is 0 Å². The van der Waals surface area contributed by atoms with Crippen molar-refractivity contribution in [2.45, 2.75) is 7.43 Å². The molecule has 0 aliphatic heterocycles. The average Bonchev–Trinajstić information content (AvgIpc) is 0.722. The summed E-state index contributed by atoms with van der Waals surface area (Å²) in [7, 11) is -5.39. The molecular weight excluding hydrogens is 153 g/mol. The zero-order valence-electron chi connectivity index (χ0n) is 4.08. The van der Waals surface area contributed by atoms with Gasteiger partial charge in [0, 0.05) is 0 Å². The van der Waals surface area contributed by atoms with Crippen LogP contribution in [0.4, 0.5) is 0 Å². The molecule has 0 aromatic heterocycles. The molecule has 0 unspecified atom stereocenters.